The number of thioether (sulfide) groups is 1. The predicted octanol–water partition coefficient (Wildman–Crippen LogP) is 4.58. The minimum Gasteiger partial charge on any atom is -0.324 e. The Kier molecular flexibility index (Phi) is 6.03. The average molecular weight is 385 g/mol. The SMILES string of the molecule is O=C(CSc1n[nH]c(CC2CCCC2)n1)Nc1ccc(Cl)cc1Cl. The first-order valence-corrected chi connectivity index (χ1v) is 9.63. The first-order valence-electron chi connectivity index (χ1n) is 7.89. The lowest BCUT2D eigenvalue weighted by Crippen LogP contribution is -2.14. The molecule has 8 heteroatoms. The van der Waals surface area contributed by atoms with Gasteiger partial charge in [0.2, 0.25) is 11.1 Å². The topological polar surface area (TPSA) is 70.7 Å². The number of H-pyrrole nitrogens is 1. The van der Waals surface area contributed by atoms with Gasteiger partial charge in [-0.3, -0.25) is 9.89 Å². The molecule has 1 saturated carbocycles. The fourth-order valence-electron chi connectivity index (χ4n) is 2.83. The minimum atomic E-state index is -0.161. The molecule has 5 nitrogen and oxygen atoms in total. The second kappa shape index (κ2) is 8.23. The van der Waals surface area contributed by atoms with Gasteiger partial charge in [-0.2, -0.15) is 0 Å². The normalized spacial score (nSPS) is 14.9. The number of aromatic amines is 1. The molecule has 1 aliphatic carbocycles. The second-order valence-electron chi connectivity index (χ2n) is 5.88. The van der Waals surface area contributed by atoms with Crippen molar-refractivity contribution in [3.05, 3.63) is 34.1 Å². The number of hydrogen-bond acceptors (Lipinski definition) is 4. The number of anilines is 1. The van der Waals surface area contributed by atoms with Crippen LogP contribution in [0.15, 0.2) is 23.4 Å². The summed E-state index contributed by atoms with van der Waals surface area (Å²) in [5, 5.41) is 11.4. The van der Waals surface area contributed by atoms with Crippen LogP contribution < -0.4 is 5.32 Å². The van der Waals surface area contributed by atoms with Crippen LogP contribution in [0.2, 0.25) is 10.0 Å². The molecule has 1 aliphatic rings. The van der Waals surface area contributed by atoms with E-state index in [1.807, 2.05) is 0 Å². The molecule has 1 amide bonds. The number of halogens is 2. The third-order valence-corrected chi connectivity index (χ3v) is 5.40. The van der Waals surface area contributed by atoms with Gasteiger partial charge in [0.25, 0.3) is 0 Å². The van der Waals surface area contributed by atoms with Crippen LogP contribution in [0.4, 0.5) is 5.69 Å². The standard InChI is InChI=1S/C16H18Cl2N4OS/c17-11-5-6-13(12(18)8-11)19-15(23)9-24-16-20-14(21-22-16)7-10-3-1-2-4-10/h5-6,8,10H,1-4,7,9H2,(H,19,23)(H,20,21,22). The largest absolute Gasteiger partial charge is 0.324 e. The fourth-order valence-corrected chi connectivity index (χ4v) is 3.90. The molecule has 1 fully saturated rings. The van der Waals surface area contributed by atoms with Crippen molar-refractivity contribution in [1.29, 1.82) is 0 Å². The number of aromatic nitrogens is 3. The lowest BCUT2D eigenvalue weighted by atomic mass is 10.0. The lowest BCUT2D eigenvalue weighted by molar-refractivity contribution is -0.113. The van der Waals surface area contributed by atoms with E-state index in [2.05, 4.69) is 20.5 Å². The molecule has 2 N–H and O–H groups in total. The molecule has 3 rings (SSSR count). The Morgan fingerprint density at radius 1 is 1.33 bits per heavy atom. The maximum atomic E-state index is 12.0. The van der Waals surface area contributed by atoms with Crippen molar-refractivity contribution in [3.8, 4) is 0 Å². The first kappa shape index (κ1) is 17.6. The third kappa shape index (κ3) is 4.88. The molecule has 128 valence electrons. The maximum Gasteiger partial charge on any atom is 0.234 e. The highest BCUT2D eigenvalue weighted by Crippen LogP contribution is 2.28. The quantitative estimate of drug-likeness (QED) is 0.715. The monoisotopic (exact) mass is 384 g/mol. The van der Waals surface area contributed by atoms with Gasteiger partial charge in [-0.05, 0) is 24.1 Å². The van der Waals surface area contributed by atoms with Crippen molar-refractivity contribution in [2.75, 3.05) is 11.1 Å². The molecule has 0 spiro atoms. The Balaban J connectivity index is 1.48. The van der Waals surface area contributed by atoms with E-state index >= 15 is 0 Å². The maximum absolute atomic E-state index is 12.0. The van der Waals surface area contributed by atoms with Gasteiger partial charge >= 0.3 is 0 Å². The number of rotatable bonds is 6. The van der Waals surface area contributed by atoms with Gasteiger partial charge in [0.15, 0.2) is 0 Å². The number of carbonyl (C=O) groups is 1. The summed E-state index contributed by atoms with van der Waals surface area (Å²) in [6.07, 6.45) is 6.11. The van der Waals surface area contributed by atoms with E-state index in [9.17, 15) is 4.79 Å². The van der Waals surface area contributed by atoms with E-state index in [1.165, 1.54) is 37.4 Å². The molecular formula is C16H18Cl2N4OS. The van der Waals surface area contributed by atoms with Gasteiger partial charge in [0, 0.05) is 11.4 Å². The van der Waals surface area contributed by atoms with Crippen LogP contribution in [0.3, 0.4) is 0 Å². The van der Waals surface area contributed by atoms with Gasteiger partial charge in [-0.1, -0.05) is 60.6 Å². The zero-order valence-electron chi connectivity index (χ0n) is 13.0. The van der Waals surface area contributed by atoms with Crippen LogP contribution in [0, 0.1) is 5.92 Å². The van der Waals surface area contributed by atoms with Crippen LogP contribution in [0.25, 0.3) is 0 Å². The molecule has 1 heterocycles. The Labute approximate surface area is 154 Å². The van der Waals surface area contributed by atoms with Gasteiger partial charge in [-0.15, -0.1) is 5.10 Å². The molecule has 0 radical (unpaired) electrons. The average Bonchev–Trinajstić information content (AvgIpc) is 3.20. The summed E-state index contributed by atoms with van der Waals surface area (Å²) in [6.45, 7) is 0. The number of benzene rings is 1. The van der Waals surface area contributed by atoms with Gasteiger partial charge in [0.1, 0.15) is 5.82 Å². The van der Waals surface area contributed by atoms with E-state index in [4.69, 9.17) is 23.2 Å². The molecule has 0 atom stereocenters. The summed E-state index contributed by atoms with van der Waals surface area (Å²) in [5.41, 5.74) is 0.545. The number of nitrogens with one attached hydrogen (secondary N) is 2. The zero-order chi connectivity index (χ0) is 16.9. The van der Waals surface area contributed by atoms with Gasteiger partial charge in [-0.25, -0.2) is 4.98 Å². The third-order valence-electron chi connectivity index (χ3n) is 4.01. The Morgan fingerprint density at radius 2 is 2.12 bits per heavy atom. The number of hydrogen-bond donors (Lipinski definition) is 2. The van der Waals surface area contributed by atoms with Crippen molar-refractivity contribution >= 4 is 46.6 Å². The van der Waals surface area contributed by atoms with Crippen LogP contribution in [-0.2, 0) is 11.2 Å². The fraction of sp³-hybridized carbons (Fsp3) is 0.438. The molecule has 0 unspecified atom stereocenters. The molecule has 0 aliphatic heterocycles. The summed E-state index contributed by atoms with van der Waals surface area (Å²) in [6, 6.07) is 4.96. The van der Waals surface area contributed by atoms with Crippen molar-refractivity contribution in [2.45, 2.75) is 37.3 Å². The van der Waals surface area contributed by atoms with E-state index in [0.717, 1.165) is 12.2 Å². The summed E-state index contributed by atoms with van der Waals surface area (Å²) in [7, 11) is 0. The van der Waals surface area contributed by atoms with E-state index in [0.29, 0.717) is 26.8 Å². The lowest BCUT2D eigenvalue weighted by Gasteiger charge is -2.06. The van der Waals surface area contributed by atoms with E-state index < -0.39 is 0 Å². The van der Waals surface area contributed by atoms with Crippen LogP contribution in [0.5, 0.6) is 0 Å². The summed E-state index contributed by atoms with van der Waals surface area (Å²) < 4.78 is 0. The van der Waals surface area contributed by atoms with E-state index in [1.54, 1.807) is 18.2 Å². The molecule has 0 saturated heterocycles. The van der Waals surface area contributed by atoms with Crippen LogP contribution >= 0.6 is 35.0 Å². The predicted molar refractivity (Wildman–Crippen MR) is 97.9 cm³/mol. The Bertz CT molecular complexity index is 716. The highest BCUT2D eigenvalue weighted by Gasteiger charge is 2.17. The molecule has 0 bridgehead atoms. The number of amides is 1. The zero-order valence-corrected chi connectivity index (χ0v) is 15.3. The number of nitrogens with zero attached hydrogens (tertiary/aromatic N) is 2. The summed E-state index contributed by atoms with van der Waals surface area (Å²) in [4.78, 5) is 16.5. The van der Waals surface area contributed by atoms with Crippen molar-refractivity contribution in [3.63, 3.8) is 0 Å². The second-order valence-corrected chi connectivity index (χ2v) is 7.67. The first-order chi connectivity index (χ1) is 11.6. The Hall–Kier alpha value is -1.24. The van der Waals surface area contributed by atoms with Crippen LogP contribution in [0.1, 0.15) is 31.5 Å². The highest BCUT2D eigenvalue weighted by molar-refractivity contribution is 7.99. The van der Waals surface area contributed by atoms with Crippen LogP contribution in [-0.4, -0.2) is 26.8 Å². The molecule has 1 aromatic carbocycles. The smallest absolute Gasteiger partial charge is 0.234 e. The van der Waals surface area contributed by atoms with Crippen molar-refractivity contribution in [2.24, 2.45) is 5.92 Å². The molecule has 24 heavy (non-hydrogen) atoms. The van der Waals surface area contributed by atoms with Crippen molar-refractivity contribution in [1.82, 2.24) is 15.2 Å². The molecular weight excluding hydrogens is 367 g/mol. The van der Waals surface area contributed by atoms with Crippen molar-refractivity contribution < 1.29 is 4.79 Å². The minimum absolute atomic E-state index is 0.161. The molecule has 1 aromatic heterocycles. The number of carbonyl (C=O) groups excluding carboxylic acids is 1. The van der Waals surface area contributed by atoms with E-state index in [-0.39, 0.29) is 11.7 Å². The summed E-state index contributed by atoms with van der Waals surface area (Å²) >= 11 is 13.2. The highest BCUT2D eigenvalue weighted by atomic mass is 35.5. The molecule has 2 aromatic rings. The van der Waals surface area contributed by atoms with Gasteiger partial charge < -0.3 is 5.32 Å². The van der Waals surface area contributed by atoms with Gasteiger partial charge in [0.05, 0.1) is 16.5 Å². The Morgan fingerprint density at radius 3 is 2.88 bits per heavy atom. The summed E-state index contributed by atoms with van der Waals surface area (Å²) in [5.74, 6) is 1.68.